The summed E-state index contributed by atoms with van der Waals surface area (Å²) in [5.74, 6) is 0.156. The first-order valence-corrected chi connectivity index (χ1v) is 9.75. The van der Waals surface area contributed by atoms with Crippen LogP contribution in [0.25, 0.3) is 0 Å². The number of aromatic nitrogens is 2. The molecule has 0 aliphatic carbocycles. The van der Waals surface area contributed by atoms with E-state index in [1.54, 1.807) is 7.11 Å². The van der Waals surface area contributed by atoms with E-state index < -0.39 is 0 Å². The molecule has 9 heteroatoms. The van der Waals surface area contributed by atoms with E-state index in [1.807, 2.05) is 30.0 Å². The van der Waals surface area contributed by atoms with Crippen LogP contribution in [0.15, 0.2) is 33.5 Å². The lowest BCUT2D eigenvalue weighted by Crippen LogP contribution is -2.42. The number of carbonyl (C=O) groups excluding carboxylic acids is 1. The van der Waals surface area contributed by atoms with Gasteiger partial charge in [-0.25, -0.2) is 4.98 Å². The molecule has 3 rings (SSSR count). The van der Waals surface area contributed by atoms with Crippen LogP contribution >= 0.6 is 15.9 Å². The normalized spacial score (nSPS) is 14.2. The van der Waals surface area contributed by atoms with E-state index in [1.165, 1.54) is 10.6 Å². The summed E-state index contributed by atoms with van der Waals surface area (Å²) in [7, 11) is 1.55. The Hall–Kier alpha value is -2.23. The molecule has 1 aromatic heterocycles. The minimum atomic E-state index is -0.303. The molecule has 150 valence electrons. The van der Waals surface area contributed by atoms with Crippen molar-refractivity contribution in [3.05, 3.63) is 50.3 Å². The highest BCUT2D eigenvalue weighted by atomic mass is 79.9. The first-order chi connectivity index (χ1) is 13.5. The van der Waals surface area contributed by atoms with Crippen LogP contribution in [0.5, 0.6) is 0 Å². The van der Waals surface area contributed by atoms with Crippen molar-refractivity contribution in [1.82, 2.24) is 9.55 Å². The molecule has 1 aliphatic rings. The third-order valence-corrected chi connectivity index (χ3v) is 4.98. The Bertz CT molecular complexity index is 909. The lowest BCUT2D eigenvalue weighted by atomic mass is 10.2. The number of aryl methyl sites for hydroxylation is 1. The van der Waals surface area contributed by atoms with Gasteiger partial charge in [0.2, 0.25) is 11.9 Å². The van der Waals surface area contributed by atoms with E-state index in [0.29, 0.717) is 43.6 Å². The Kier molecular flexibility index (Phi) is 6.82. The van der Waals surface area contributed by atoms with Crippen molar-refractivity contribution in [3.8, 4) is 0 Å². The summed E-state index contributed by atoms with van der Waals surface area (Å²) in [5, 5.41) is 2.84. The number of benzene rings is 1. The van der Waals surface area contributed by atoms with Crippen molar-refractivity contribution in [3.63, 3.8) is 0 Å². The minimum absolute atomic E-state index is 0.133. The number of anilines is 2. The molecule has 2 aromatic rings. The molecule has 1 aromatic carbocycles. The summed E-state index contributed by atoms with van der Waals surface area (Å²) in [6, 6.07) is 7.06. The van der Waals surface area contributed by atoms with Gasteiger partial charge in [-0.15, -0.1) is 0 Å². The average Bonchev–Trinajstić information content (AvgIpc) is 2.67. The van der Waals surface area contributed by atoms with E-state index in [4.69, 9.17) is 9.47 Å². The fourth-order valence-corrected chi connectivity index (χ4v) is 3.56. The molecule has 1 aliphatic heterocycles. The summed E-state index contributed by atoms with van der Waals surface area (Å²) in [6.45, 7) is 4.38. The standard InChI is InChI=1S/C19H23BrN4O4/c1-13-3-4-16(15(20)9-13)22-17(25)11-24-18(26)10-14(12-27-2)21-19(24)23-5-7-28-8-6-23/h3-4,9-10H,5-8,11-12H2,1-2H3,(H,22,25). The second-order valence-electron chi connectivity index (χ2n) is 6.54. The predicted octanol–water partition coefficient (Wildman–Crippen LogP) is 1.94. The van der Waals surface area contributed by atoms with E-state index >= 15 is 0 Å². The first kappa shape index (κ1) is 20.5. The zero-order chi connectivity index (χ0) is 20.1. The van der Waals surface area contributed by atoms with E-state index in [-0.39, 0.29) is 24.6 Å². The van der Waals surface area contributed by atoms with Gasteiger partial charge in [0.1, 0.15) is 6.54 Å². The molecule has 2 heterocycles. The van der Waals surface area contributed by atoms with Gasteiger partial charge in [0.15, 0.2) is 0 Å². The monoisotopic (exact) mass is 450 g/mol. The molecule has 28 heavy (non-hydrogen) atoms. The van der Waals surface area contributed by atoms with Gasteiger partial charge < -0.3 is 19.7 Å². The van der Waals surface area contributed by atoms with Crippen LogP contribution in [0.2, 0.25) is 0 Å². The van der Waals surface area contributed by atoms with Crippen LogP contribution < -0.4 is 15.8 Å². The van der Waals surface area contributed by atoms with Crippen molar-refractivity contribution < 1.29 is 14.3 Å². The molecular formula is C19H23BrN4O4. The molecule has 1 N–H and O–H groups in total. The number of carbonyl (C=O) groups is 1. The average molecular weight is 451 g/mol. The molecule has 0 spiro atoms. The first-order valence-electron chi connectivity index (χ1n) is 8.96. The van der Waals surface area contributed by atoms with Gasteiger partial charge in [-0.3, -0.25) is 14.2 Å². The third kappa shape index (κ3) is 4.98. The second-order valence-corrected chi connectivity index (χ2v) is 7.39. The molecule has 0 atom stereocenters. The number of methoxy groups -OCH3 is 1. The van der Waals surface area contributed by atoms with Crippen LogP contribution in [-0.4, -0.2) is 48.9 Å². The van der Waals surface area contributed by atoms with Gasteiger partial charge in [-0.1, -0.05) is 6.07 Å². The van der Waals surface area contributed by atoms with E-state index in [9.17, 15) is 9.59 Å². The number of ether oxygens (including phenoxy) is 2. The number of hydrogen-bond donors (Lipinski definition) is 1. The van der Waals surface area contributed by atoms with Crippen molar-refractivity contribution in [2.75, 3.05) is 43.6 Å². The number of morpholine rings is 1. The van der Waals surface area contributed by atoms with Crippen LogP contribution in [0, 0.1) is 6.92 Å². The highest BCUT2D eigenvalue weighted by molar-refractivity contribution is 9.10. The maximum atomic E-state index is 12.7. The quantitative estimate of drug-likeness (QED) is 0.723. The Morgan fingerprint density at radius 1 is 1.32 bits per heavy atom. The van der Waals surface area contributed by atoms with E-state index in [2.05, 4.69) is 26.2 Å². The Balaban J connectivity index is 1.86. The Morgan fingerprint density at radius 2 is 2.07 bits per heavy atom. The molecule has 1 amide bonds. The molecule has 1 fully saturated rings. The molecule has 0 bridgehead atoms. The number of nitrogens with zero attached hydrogens (tertiary/aromatic N) is 3. The third-order valence-electron chi connectivity index (χ3n) is 4.33. The van der Waals surface area contributed by atoms with Crippen molar-refractivity contribution in [2.45, 2.75) is 20.1 Å². The number of nitrogens with one attached hydrogen (secondary N) is 1. The van der Waals surface area contributed by atoms with Gasteiger partial charge in [0.05, 0.1) is 31.2 Å². The summed E-state index contributed by atoms with van der Waals surface area (Å²) in [5.41, 5.74) is 1.97. The van der Waals surface area contributed by atoms with Crippen molar-refractivity contribution in [1.29, 1.82) is 0 Å². The number of rotatable bonds is 6. The van der Waals surface area contributed by atoms with Crippen molar-refractivity contribution >= 4 is 33.5 Å². The van der Waals surface area contributed by atoms with Gasteiger partial charge in [0, 0.05) is 30.7 Å². The van der Waals surface area contributed by atoms with Crippen LogP contribution in [0.4, 0.5) is 11.6 Å². The number of hydrogen-bond acceptors (Lipinski definition) is 6. The zero-order valence-electron chi connectivity index (χ0n) is 15.9. The molecule has 8 nitrogen and oxygen atoms in total. The fraction of sp³-hybridized carbons (Fsp3) is 0.421. The Morgan fingerprint density at radius 3 is 2.75 bits per heavy atom. The molecular weight excluding hydrogens is 428 g/mol. The maximum absolute atomic E-state index is 12.7. The fourth-order valence-electron chi connectivity index (χ4n) is 2.97. The summed E-state index contributed by atoms with van der Waals surface area (Å²) in [4.78, 5) is 31.8. The summed E-state index contributed by atoms with van der Waals surface area (Å²) in [6.07, 6.45) is 0. The largest absolute Gasteiger partial charge is 0.378 e. The summed E-state index contributed by atoms with van der Waals surface area (Å²) >= 11 is 3.45. The lowest BCUT2D eigenvalue weighted by Gasteiger charge is -2.29. The zero-order valence-corrected chi connectivity index (χ0v) is 17.5. The van der Waals surface area contributed by atoms with Crippen LogP contribution in [0.1, 0.15) is 11.3 Å². The number of amides is 1. The van der Waals surface area contributed by atoms with Gasteiger partial charge >= 0.3 is 0 Å². The lowest BCUT2D eigenvalue weighted by molar-refractivity contribution is -0.116. The Labute approximate surface area is 171 Å². The van der Waals surface area contributed by atoms with Crippen molar-refractivity contribution in [2.24, 2.45) is 0 Å². The SMILES string of the molecule is COCc1cc(=O)n(CC(=O)Nc2ccc(C)cc2Br)c(N2CCOCC2)n1. The molecule has 0 radical (unpaired) electrons. The predicted molar refractivity (Wildman–Crippen MR) is 110 cm³/mol. The molecule has 1 saturated heterocycles. The molecule has 0 unspecified atom stereocenters. The highest BCUT2D eigenvalue weighted by Gasteiger charge is 2.20. The highest BCUT2D eigenvalue weighted by Crippen LogP contribution is 2.23. The summed E-state index contributed by atoms with van der Waals surface area (Å²) < 4.78 is 12.7. The number of halogens is 1. The second kappa shape index (κ2) is 9.31. The minimum Gasteiger partial charge on any atom is -0.378 e. The van der Waals surface area contributed by atoms with Crippen LogP contribution in [-0.2, 0) is 27.4 Å². The maximum Gasteiger partial charge on any atom is 0.255 e. The van der Waals surface area contributed by atoms with Gasteiger partial charge in [-0.05, 0) is 40.5 Å². The van der Waals surface area contributed by atoms with Crippen LogP contribution in [0.3, 0.4) is 0 Å². The molecule has 0 saturated carbocycles. The smallest absolute Gasteiger partial charge is 0.255 e. The van der Waals surface area contributed by atoms with E-state index in [0.717, 1.165) is 10.0 Å². The topological polar surface area (TPSA) is 85.7 Å². The van der Waals surface area contributed by atoms with Gasteiger partial charge in [-0.2, -0.15) is 0 Å². The van der Waals surface area contributed by atoms with Gasteiger partial charge in [0.25, 0.3) is 5.56 Å².